The summed E-state index contributed by atoms with van der Waals surface area (Å²) in [6, 6.07) is 10.6. The maximum absolute atomic E-state index is 12.4. The third kappa shape index (κ3) is 3.46. The van der Waals surface area contributed by atoms with E-state index in [4.69, 9.17) is 0 Å². The zero-order valence-corrected chi connectivity index (χ0v) is 13.9. The fourth-order valence-corrected chi connectivity index (χ4v) is 3.26. The first kappa shape index (κ1) is 16.0. The molecular formula is C18H28N2O. The molecule has 0 N–H and O–H groups in total. The van der Waals surface area contributed by atoms with Gasteiger partial charge in [-0.1, -0.05) is 58.0 Å². The molecule has 0 bridgehead atoms. The van der Waals surface area contributed by atoms with Crippen molar-refractivity contribution in [1.82, 2.24) is 9.80 Å². The van der Waals surface area contributed by atoms with Gasteiger partial charge in [-0.3, -0.25) is 9.69 Å². The summed E-state index contributed by atoms with van der Waals surface area (Å²) >= 11 is 0. The molecule has 1 amide bonds. The maximum atomic E-state index is 12.4. The molecule has 1 aromatic carbocycles. The second-order valence-corrected chi connectivity index (χ2v) is 6.99. The molecule has 116 valence electrons. The summed E-state index contributed by atoms with van der Waals surface area (Å²) in [7, 11) is 1.92. The van der Waals surface area contributed by atoms with E-state index in [-0.39, 0.29) is 18.0 Å². The molecule has 2 rings (SSSR count). The van der Waals surface area contributed by atoms with Gasteiger partial charge in [0.15, 0.2) is 0 Å². The van der Waals surface area contributed by atoms with Gasteiger partial charge in [-0.15, -0.1) is 0 Å². The number of nitrogens with zero attached hydrogens (tertiary/aromatic N) is 2. The van der Waals surface area contributed by atoms with Crippen LogP contribution in [0.25, 0.3) is 0 Å². The standard InChI is InChI=1S/C18H28N2O/c1-13(2)11-20(12-14(3)4)17-16(19(5)18(17)21)15-9-7-6-8-10-15/h6-10,13-14,16-17H,11-12H2,1-5H3/t16-,17+/m0/s1. The molecule has 1 saturated heterocycles. The van der Waals surface area contributed by atoms with Crippen molar-refractivity contribution in [3.8, 4) is 0 Å². The number of amides is 1. The molecule has 2 atom stereocenters. The Hall–Kier alpha value is -1.35. The van der Waals surface area contributed by atoms with Gasteiger partial charge in [0.1, 0.15) is 6.04 Å². The van der Waals surface area contributed by atoms with Gasteiger partial charge in [-0.05, 0) is 17.4 Å². The second kappa shape index (κ2) is 6.61. The average Bonchev–Trinajstić information content (AvgIpc) is 2.42. The third-order valence-electron chi connectivity index (χ3n) is 4.05. The lowest BCUT2D eigenvalue weighted by atomic mass is 9.87. The Balaban J connectivity index is 2.22. The minimum Gasteiger partial charge on any atom is -0.335 e. The topological polar surface area (TPSA) is 23.6 Å². The van der Waals surface area contributed by atoms with E-state index in [2.05, 4.69) is 56.9 Å². The van der Waals surface area contributed by atoms with E-state index in [1.165, 1.54) is 5.56 Å². The van der Waals surface area contributed by atoms with Crippen molar-refractivity contribution in [1.29, 1.82) is 0 Å². The highest BCUT2D eigenvalue weighted by Crippen LogP contribution is 2.37. The minimum atomic E-state index is 0.00204. The van der Waals surface area contributed by atoms with Crippen molar-refractivity contribution >= 4 is 5.91 Å². The van der Waals surface area contributed by atoms with Gasteiger partial charge in [0.2, 0.25) is 5.91 Å². The normalized spacial score (nSPS) is 22.3. The minimum absolute atomic E-state index is 0.00204. The Bertz CT molecular complexity index is 459. The quantitative estimate of drug-likeness (QED) is 0.751. The van der Waals surface area contributed by atoms with Gasteiger partial charge in [0.25, 0.3) is 0 Å². The second-order valence-electron chi connectivity index (χ2n) is 6.99. The van der Waals surface area contributed by atoms with Crippen LogP contribution in [0.4, 0.5) is 0 Å². The van der Waals surface area contributed by atoms with Crippen LogP contribution in [0.1, 0.15) is 39.3 Å². The number of rotatable bonds is 6. The summed E-state index contributed by atoms with van der Waals surface area (Å²) in [6.45, 7) is 10.8. The van der Waals surface area contributed by atoms with Crippen LogP contribution >= 0.6 is 0 Å². The van der Waals surface area contributed by atoms with Crippen molar-refractivity contribution < 1.29 is 4.79 Å². The van der Waals surface area contributed by atoms with Gasteiger partial charge in [0.05, 0.1) is 6.04 Å². The summed E-state index contributed by atoms with van der Waals surface area (Å²) < 4.78 is 0. The molecule has 0 saturated carbocycles. The van der Waals surface area contributed by atoms with Crippen molar-refractivity contribution in [2.45, 2.75) is 39.8 Å². The van der Waals surface area contributed by atoms with E-state index in [1.807, 2.05) is 18.0 Å². The van der Waals surface area contributed by atoms with E-state index < -0.39 is 0 Å². The first-order valence-corrected chi connectivity index (χ1v) is 7.97. The number of carbonyl (C=O) groups excluding carboxylic acids is 1. The predicted molar refractivity (Wildman–Crippen MR) is 87.0 cm³/mol. The number of likely N-dealkylation sites (tertiary alicyclic amines) is 1. The van der Waals surface area contributed by atoms with Crippen molar-refractivity contribution in [2.24, 2.45) is 11.8 Å². The monoisotopic (exact) mass is 288 g/mol. The SMILES string of the molecule is CC(C)CN(CC(C)C)[C@H]1C(=O)N(C)[C@H]1c1ccccc1. The highest BCUT2D eigenvalue weighted by atomic mass is 16.2. The van der Waals surface area contributed by atoms with Crippen LogP contribution in [-0.4, -0.2) is 41.9 Å². The van der Waals surface area contributed by atoms with Gasteiger partial charge >= 0.3 is 0 Å². The molecule has 0 aliphatic carbocycles. The number of likely N-dealkylation sites (N-methyl/N-ethyl adjacent to an activating group) is 1. The van der Waals surface area contributed by atoms with E-state index >= 15 is 0 Å². The molecule has 1 aliphatic rings. The van der Waals surface area contributed by atoms with Gasteiger partial charge in [-0.2, -0.15) is 0 Å². The molecule has 0 unspecified atom stereocenters. The molecule has 1 heterocycles. The zero-order chi connectivity index (χ0) is 15.6. The highest BCUT2D eigenvalue weighted by Gasteiger charge is 2.48. The van der Waals surface area contributed by atoms with Crippen LogP contribution in [0, 0.1) is 11.8 Å². The number of hydrogen-bond donors (Lipinski definition) is 0. The molecule has 1 aromatic rings. The highest BCUT2D eigenvalue weighted by molar-refractivity contribution is 5.89. The Morgan fingerprint density at radius 3 is 2.05 bits per heavy atom. The molecule has 0 radical (unpaired) electrons. The lowest BCUT2D eigenvalue weighted by Crippen LogP contribution is -2.65. The summed E-state index contributed by atoms with van der Waals surface area (Å²) in [5, 5.41) is 0. The summed E-state index contributed by atoms with van der Waals surface area (Å²) in [4.78, 5) is 16.7. The van der Waals surface area contributed by atoms with Crippen LogP contribution in [-0.2, 0) is 4.79 Å². The molecule has 1 fully saturated rings. The summed E-state index contributed by atoms with van der Waals surface area (Å²) in [5.74, 6) is 1.39. The Kier molecular flexibility index (Phi) is 5.04. The van der Waals surface area contributed by atoms with E-state index in [1.54, 1.807) is 0 Å². The number of carbonyl (C=O) groups is 1. The molecule has 21 heavy (non-hydrogen) atoms. The van der Waals surface area contributed by atoms with E-state index in [0.29, 0.717) is 11.8 Å². The smallest absolute Gasteiger partial charge is 0.242 e. The van der Waals surface area contributed by atoms with Crippen LogP contribution in [0.15, 0.2) is 30.3 Å². The Morgan fingerprint density at radius 2 is 1.57 bits per heavy atom. The number of benzene rings is 1. The summed E-state index contributed by atoms with van der Waals surface area (Å²) in [5.41, 5.74) is 1.24. The van der Waals surface area contributed by atoms with Gasteiger partial charge < -0.3 is 4.90 Å². The van der Waals surface area contributed by atoms with E-state index in [0.717, 1.165) is 13.1 Å². The first-order chi connectivity index (χ1) is 9.91. The number of β-lactam (4-membered cyclic amide) rings is 1. The molecule has 3 heteroatoms. The van der Waals surface area contributed by atoms with Crippen LogP contribution in [0.5, 0.6) is 0 Å². The fraction of sp³-hybridized carbons (Fsp3) is 0.611. The lowest BCUT2D eigenvalue weighted by Gasteiger charge is -2.51. The number of hydrogen-bond acceptors (Lipinski definition) is 2. The Labute approximate surface area is 128 Å². The molecule has 1 aliphatic heterocycles. The first-order valence-electron chi connectivity index (χ1n) is 7.97. The molecule has 0 spiro atoms. The van der Waals surface area contributed by atoms with Gasteiger partial charge in [-0.25, -0.2) is 0 Å². The van der Waals surface area contributed by atoms with Crippen molar-refractivity contribution in [3.05, 3.63) is 35.9 Å². The van der Waals surface area contributed by atoms with Crippen molar-refractivity contribution in [3.63, 3.8) is 0 Å². The molecule has 0 aromatic heterocycles. The largest absolute Gasteiger partial charge is 0.335 e. The van der Waals surface area contributed by atoms with Crippen LogP contribution in [0.2, 0.25) is 0 Å². The predicted octanol–water partition coefficient (Wildman–Crippen LogP) is 3.18. The fourth-order valence-electron chi connectivity index (χ4n) is 3.26. The van der Waals surface area contributed by atoms with Crippen LogP contribution < -0.4 is 0 Å². The van der Waals surface area contributed by atoms with Crippen molar-refractivity contribution in [2.75, 3.05) is 20.1 Å². The molecular weight excluding hydrogens is 260 g/mol. The third-order valence-corrected chi connectivity index (χ3v) is 4.05. The average molecular weight is 288 g/mol. The zero-order valence-electron chi connectivity index (χ0n) is 13.9. The van der Waals surface area contributed by atoms with E-state index in [9.17, 15) is 4.79 Å². The Morgan fingerprint density at radius 1 is 1.05 bits per heavy atom. The lowest BCUT2D eigenvalue weighted by molar-refractivity contribution is -0.158. The van der Waals surface area contributed by atoms with Gasteiger partial charge in [0, 0.05) is 20.1 Å². The molecule has 3 nitrogen and oxygen atoms in total. The summed E-state index contributed by atoms with van der Waals surface area (Å²) in [6.07, 6.45) is 0. The maximum Gasteiger partial charge on any atom is 0.242 e. The van der Waals surface area contributed by atoms with Crippen LogP contribution in [0.3, 0.4) is 0 Å².